The zero-order valence-corrected chi connectivity index (χ0v) is 12.0. The zero-order valence-electron chi connectivity index (χ0n) is 12.0. The summed E-state index contributed by atoms with van der Waals surface area (Å²) in [5.74, 6) is -0.357. The van der Waals surface area contributed by atoms with Crippen LogP contribution in [0.5, 0.6) is 11.5 Å². The summed E-state index contributed by atoms with van der Waals surface area (Å²) in [6.07, 6.45) is 1.86. The predicted molar refractivity (Wildman–Crippen MR) is 73.6 cm³/mol. The molecule has 1 atom stereocenters. The van der Waals surface area contributed by atoms with Crippen LogP contribution in [0.25, 0.3) is 0 Å². The lowest BCUT2D eigenvalue weighted by atomic mass is 10.1. The molecule has 1 aliphatic heterocycles. The summed E-state index contributed by atoms with van der Waals surface area (Å²) >= 11 is 0. The van der Waals surface area contributed by atoms with E-state index in [0.717, 1.165) is 12.8 Å². The van der Waals surface area contributed by atoms with E-state index >= 15 is 0 Å². The van der Waals surface area contributed by atoms with Gasteiger partial charge in [0.2, 0.25) is 0 Å². The molecule has 0 aliphatic carbocycles. The van der Waals surface area contributed by atoms with Gasteiger partial charge in [0.1, 0.15) is 12.2 Å². The minimum Gasteiger partial charge on any atom is -0.493 e. The third-order valence-electron chi connectivity index (χ3n) is 3.40. The monoisotopic (exact) mass is 280 g/mol. The largest absolute Gasteiger partial charge is 0.493 e. The summed E-state index contributed by atoms with van der Waals surface area (Å²) in [4.78, 5) is 11.2. The van der Waals surface area contributed by atoms with Crippen molar-refractivity contribution in [1.82, 2.24) is 0 Å². The fourth-order valence-corrected chi connectivity index (χ4v) is 2.37. The second-order valence-electron chi connectivity index (χ2n) is 5.49. The Morgan fingerprint density at radius 1 is 1.50 bits per heavy atom. The molecule has 0 amide bonds. The number of carboxylic acid groups (broad SMARTS) is 1. The predicted octanol–water partition coefficient (Wildman–Crippen LogP) is 2.73. The highest BCUT2D eigenvalue weighted by atomic mass is 16.6. The molecule has 1 unspecified atom stereocenters. The number of rotatable bonds is 5. The molecule has 0 aromatic heterocycles. The van der Waals surface area contributed by atoms with Gasteiger partial charge in [-0.15, -0.1) is 0 Å². The van der Waals surface area contributed by atoms with Crippen molar-refractivity contribution in [3.63, 3.8) is 0 Å². The van der Waals surface area contributed by atoms with Crippen LogP contribution < -0.4 is 9.47 Å². The van der Waals surface area contributed by atoms with Gasteiger partial charge < -0.3 is 19.3 Å². The third kappa shape index (κ3) is 3.22. The molecular weight excluding hydrogens is 260 g/mol. The summed E-state index contributed by atoms with van der Waals surface area (Å²) in [6, 6.07) is 4.81. The van der Waals surface area contributed by atoms with Crippen LogP contribution >= 0.6 is 0 Å². The van der Waals surface area contributed by atoms with Crippen LogP contribution in [0.15, 0.2) is 18.2 Å². The van der Waals surface area contributed by atoms with E-state index < -0.39 is 5.97 Å². The van der Waals surface area contributed by atoms with E-state index in [9.17, 15) is 9.90 Å². The molecule has 2 rings (SSSR count). The lowest BCUT2D eigenvalue weighted by Gasteiger charge is -2.20. The molecule has 1 heterocycles. The SMILES string of the molecule is COc1cccc(C(=O)O)c1OCC1CCC(C)(C)O1. The van der Waals surface area contributed by atoms with Crippen molar-refractivity contribution in [2.75, 3.05) is 13.7 Å². The first-order chi connectivity index (χ1) is 9.43. The number of hydrogen-bond acceptors (Lipinski definition) is 4. The zero-order chi connectivity index (χ0) is 14.8. The average molecular weight is 280 g/mol. The Hall–Kier alpha value is -1.75. The summed E-state index contributed by atoms with van der Waals surface area (Å²) in [5.41, 5.74) is -0.0358. The van der Waals surface area contributed by atoms with Gasteiger partial charge in [-0.05, 0) is 38.8 Å². The number of aromatic carboxylic acids is 1. The summed E-state index contributed by atoms with van der Waals surface area (Å²) in [5, 5.41) is 9.19. The van der Waals surface area contributed by atoms with Crippen molar-refractivity contribution in [2.45, 2.75) is 38.4 Å². The lowest BCUT2D eigenvalue weighted by molar-refractivity contribution is -0.0330. The molecule has 1 aromatic rings. The van der Waals surface area contributed by atoms with Gasteiger partial charge in [0.05, 0.1) is 18.8 Å². The summed E-state index contributed by atoms with van der Waals surface area (Å²) in [6.45, 7) is 4.40. The number of methoxy groups -OCH3 is 1. The standard InChI is InChI=1S/C15H20O5/c1-15(2)8-7-10(20-15)9-19-13-11(14(16)17)5-4-6-12(13)18-3/h4-6,10H,7-9H2,1-3H3,(H,16,17). The molecule has 5 heteroatoms. The van der Waals surface area contributed by atoms with Gasteiger partial charge >= 0.3 is 5.97 Å². The van der Waals surface area contributed by atoms with Crippen molar-refractivity contribution < 1.29 is 24.1 Å². The van der Waals surface area contributed by atoms with Gasteiger partial charge in [-0.25, -0.2) is 4.79 Å². The van der Waals surface area contributed by atoms with Crippen LogP contribution in [0.3, 0.4) is 0 Å². The Balaban J connectivity index is 2.11. The maximum absolute atomic E-state index is 11.2. The quantitative estimate of drug-likeness (QED) is 0.898. The van der Waals surface area contributed by atoms with Gasteiger partial charge in [-0.1, -0.05) is 6.07 Å². The number of hydrogen-bond donors (Lipinski definition) is 1. The normalized spacial score (nSPS) is 20.6. The first-order valence-electron chi connectivity index (χ1n) is 6.64. The minimum absolute atomic E-state index is 0.0171. The van der Waals surface area contributed by atoms with Crippen LogP contribution in [0.1, 0.15) is 37.0 Å². The van der Waals surface area contributed by atoms with Crippen LogP contribution in [-0.2, 0) is 4.74 Å². The van der Waals surface area contributed by atoms with Crippen molar-refractivity contribution in [2.24, 2.45) is 0 Å². The molecule has 0 spiro atoms. The van der Waals surface area contributed by atoms with Crippen LogP contribution in [0.2, 0.25) is 0 Å². The highest BCUT2D eigenvalue weighted by Gasteiger charge is 2.32. The summed E-state index contributed by atoms with van der Waals surface area (Å²) in [7, 11) is 1.49. The van der Waals surface area contributed by atoms with E-state index in [1.165, 1.54) is 13.2 Å². The van der Waals surface area contributed by atoms with E-state index in [-0.39, 0.29) is 23.0 Å². The second kappa shape index (κ2) is 5.71. The Morgan fingerprint density at radius 3 is 2.80 bits per heavy atom. The van der Waals surface area contributed by atoms with Gasteiger partial charge in [-0.2, -0.15) is 0 Å². The molecule has 0 bridgehead atoms. The minimum atomic E-state index is -1.04. The van der Waals surface area contributed by atoms with E-state index in [0.29, 0.717) is 12.4 Å². The lowest BCUT2D eigenvalue weighted by Crippen LogP contribution is -2.24. The van der Waals surface area contributed by atoms with Gasteiger partial charge in [0.15, 0.2) is 11.5 Å². The van der Waals surface area contributed by atoms with Crippen LogP contribution in [-0.4, -0.2) is 36.5 Å². The molecular formula is C15H20O5. The van der Waals surface area contributed by atoms with Crippen molar-refractivity contribution >= 4 is 5.97 Å². The molecule has 1 N–H and O–H groups in total. The molecule has 110 valence electrons. The number of benzene rings is 1. The highest BCUT2D eigenvalue weighted by Crippen LogP contribution is 2.33. The maximum atomic E-state index is 11.2. The van der Waals surface area contributed by atoms with Crippen LogP contribution in [0.4, 0.5) is 0 Å². The Labute approximate surface area is 118 Å². The van der Waals surface area contributed by atoms with Gasteiger partial charge in [0, 0.05) is 0 Å². The van der Waals surface area contributed by atoms with Crippen molar-refractivity contribution in [3.8, 4) is 11.5 Å². The molecule has 1 aliphatic rings. The third-order valence-corrected chi connectivity index (χ3v) is 3.40. The molecule has 0 saturated carbocycles. The van der Waals surface area contributed by atoms with Gasteiger partial charge in [-0.3, -0.25) is 0 Å². The first kappa shape index (κ1) is 14.7. The number of ether oxygens (including phenoxy) is 3. The van der Waals surface area contributed by atoms with Crippen molar-refractivity contribution in [3.05, 3.63) is 23.8 Å². The van der Waals surface area contributed by atoms with Crippen LogP contribution in [0, 0.1) is 0 Å². The first-order valence-corrected chi connectivity index (χ1v) is 6.64. The molecule has 0 radical (unpaired) electrons. The number of carboxylic acids is 1. The molecule has 20 heavy (non-hydrogen) atoms. The van der Waals surface area contributed by atoms with E-state index in [1.807, 2.05) is 13.8 Å². The maximum Gasteiger partial charge on any atom is 0.339 e. The molecule has 1 aromatic carbocycles. The Bertz CT molecular complexity index is 495. The van der Waals surface area contributed by atoms with E-state index in [2.05, 4.69) is 0 Å². The van der Waals surface area contributed by atoms with E-state index in [4.69, 9.17) is 14.2 Å². The fourth-order valence-electron chi connectivity index (χ4n) is 2.37. The van der Waals surface area contributed by atoms with Gasteiger partial charge in [0.25, 0.3) is 0 Å². The fraction of sp³-hybridized carbons (Fsp3) is 0.533. The summed E-state index contributed by atoms with van der Waals surface area (Å²) < 4.78 is 16.7. The topological polar surface area (TPSA) is 65.0 Å². The van der Waals surface area contributed by atoms with E-state index in [1.54, 1.807) is 12.1 Å². The second-order valence-corrected chi connectivity index (χ2v) is 5.49. The van der Waals surface area contributed by atoms with Crippen molar-refractivity contribution in [1.29, 1.82) is 0 Å². The smallest absolute Gasteiger partial charge is 0.339 e. The molecule has 1 saturated heterocycles. The molecule has 5 nitrogen and oxygen atoms in total. The highest BCUT2D eigenvalue weighted by molar-refractivity contribution is 5.92. The Kier molecular flexibility index (Phi) is 4.18. The number of para-hydroxylation sites is 1. The molecule has 1 fully saturated rings. The number of carbonyl (C=O) groups is 1. The Morgan fingerprint density at radius 2 is 2.25 bits per heavy atom. The average Bonchev–Trinajstić information content (AvgIpc) is 2.75.